The van der Waals surface area contributed by atoms with Crippen LogP contribution < -0.4 is 5.32 Å². The summed E-state index contributed by atoms with van der Waals surface area (Å²) >= 11 is 3.36. The largest absolute Gasteiger partial charge is 0.480 e. The van der Waals surface area contributed by atoms with Crippen LogP contribution in [0.4, 0.5) is 0 Å². The molecule has 0 fully saturated rings. The van der Waals surface area contributed by atoms with Crippen molar-refractivity contribution >= 4 is 27.8 Å². The van der Waals surface area contributed by atoms with E-state index in [1.807, 2.05) is 6.92 Å². The van der Waals surface area contributed by atoms with Crippen LogP contribution in [0, 0.1) is 12.3 Å². The molecule has 19 heavy (non-hydrogen) atoms. The van der Waals surface area contributed by atoms with Crippen molar-refractivity contribution in [2.75, 3.05) is 0 Å². The maximum Gasteiger partial charge on any atom is 0.326 e. The van der Waals surface area contributed by atoms with E-state index in [1.54, 1.807) is 39.0 Å². The second-order valence-electron chi connectivity index (χ2n) is 5.57. The third kappa shape index (κ3) is 4.06. The molecule has 1 aromatic rings. The number of carbonyl (C=O) groups is 2. The Morgan fingerprint density at radius 1 is 1.32 bits per heavy atom. The van der Waals surface area contributed by atoms with Gasteiger partial charge in [-0.1, -0.05) is 36.7 Å². The van der Waals surface area contributed by atoms with E-state index in [-0.39, 0.29) is 5.91 Å². The second kappa shape index (κ2) is 5.74. The fraction of sp³-hybridized carbons (Fsp3) is 0.429. The molecular weight excluding hydrogens is 310 g/mol. The van der Waals surface area contributed by atoms with E-state index >= 15 is 0 Å². The number of halogens is 1. The summed E-state index contributed by atoms with van der Waals surface area (Å²) in [6.45, 7) is 7.20. The molecule has 0 saturated heterocycles. The fourth-order valence-electron chi connectivity index (χ4n) is 1.65. The van der Waals surface area contributed by atoms with Crippen LogP contribution in [0.2, 0.25) is 0 Å². The summed E-state index contributed by atoms with van der Waals surface area (Å²) in [6, 6.07) is 4.23. The highest BCUT2D eigenvalue weighted by Gasteiger charge is 2.32. The highest BCUT2D eigenvalue weighted by atomic mass is 79.9. The normalized spacial score (nSPS) is 12.9. The van der Waals surface area contributed by atoms with E-state index in [9.17, 15) is 14.7 Å². The first-order chi connectivity index (χ1) is 8.62. The van der Waals surface area contributed by atoms with E-state index in [0.29, 0.717) is 5.56 Å². The zero-order valence-corrected chi connectivity index (χ0v) is 13.0. The van der Waals surface area contributed by atoms with Gasteiger partial charge >= 0.3 is 5.97 Å². The topological polar surface area (TPSA) is 66.4 Å². The van der Waals surface area contributed by atoms with Crippen molar-refractivity contribution in [3.05, 3.63) is 33.8 Å². The summed E-state index contributed by atoms with van der Waals surface area (Å²) in [6.07, 6.45) is 0. The lowest BCUT2D eigenvalue weighted by Gasteiger charge is -2.27. The van der Waals surface area contributed by atoms with Gasteiger partial charge in [-0.05, 0) is 36.1 Å². The third-order valence-corrected chi connectivity index (χ3v) is 3.70. The lowest BCUT2D eigenvalue weighted by molar-refractivity contribution is -0.142. The minimum atomic E-state index is -1.03. The molecule has 0 saturated carbocycles. The average molecular weight is 328 g/mol. The minimum Gasteiger partial charge on any atom is -0.480 e. The fourth-order valence-corrected chi connectivity index (χ4v) is 1.90. The monoisotopic (exact) mass is 327 g/mol. The predicted octanol–water partition coefficient (Wildman–Crippen LogP) is 2.99. The molecule has 0 aromatic heterocycles. The Morgan fingerprint density at radius 3 is 2.32 bits per heavy atom. The third-order valence-electron chi connectivity index (χ3n) is 2.81. The first kappa shape index (κ1) is 15.7. The number of hydrogen-bond donors (Lipinski definition) is 2. The molecule has 0 spiro atoms. The molecule has 1 amide bonds. The minimum absolute atomic E-state index is 0.377. The smallest absolute Gasteiger partial charge is 0.326 e. The highest BCUT2D eigenvalue weighted by Crippen LogP contribution is 2.21. The number of amides is 1. The zero-order chi connectivity index (χ0) is 14.8. The molecule has 0 radical (unpaired) electrons. The van der Waals surface area contributed by atoms with Gasteiger partial charge in [0.2, 0.25) is 0 Å². The van der Waals surface area contributed by atoms with E-state index in [2.05, 4.69) is 21.2 Å². The van der Waals surface area contributed by atoms with Crippen LogP contribution >= 0.6 is 15.9 Å². The van der Waals surface area contributed by atoms with Crippen molar-refractivity contribution in [2.24, 2.45) is 5.41 Å². The van der Waals surface area contributed by atoms with Gasteiger partial charge in [-0.15, -0.1) is 0 Å². The Kier molecular flexibility index (Phi) is 4.74. The maximum absolute atomic E-state index is 12.1. The van der Waals surface area contributed by atoms with Gasteiger partial charge in [0.1, 0.15) is 6.04 Å². The number of rotatable bonds is 3. The Morgan fingerprint density at radius 2 is 1.89 bits per heavy atom. The average Bonchev–Trinajstić information content (AvgIpc) is 2.27. The van der Waals surface area contributed by atoms with Crippen LogP contribution in [-0.2, 0) is 4.79 Å². The molecule has 0 unspecified atom stereocenters. The summed E-state index contributed by atoms with van der Waals surface area (Å²) < 4.78 is 0.912. The lowest BCUT2D eigenvalue weighted by Crippen LogP contribution is -2.49. The molecule has 4 nitrogen and oxygen atoms in total. The molecule has 1 aromatic carbocycles. The number of benzene rings is 1. The Hall–Kier alpha value is -1.36. The van der Waals surface area contributed by atoms with Gasteiger partial charge in [0.25, 0.3) is 5.91 Å². The summed E-state index contributed by atoms with van der Waals surface area (Å²) in [4.78, 5) is 23.3. The van der Waals surface area contributed by atoms with Gasteiger partial charge in [0.05, 0.1) is 0 Å². The molecule has 0 bridgehead atoms. The van der Waals surface area contributed by atoms with Gasteiger partial charge in [0.15, 0.2) is 0 Å². The van der Waals surface area contributed by atoms with E-state index in [0.717, 1.165) is 10.0 Å². The van der Waals surface area contributed by atoms with Crippen LogP contribution in [0.15, 0.2) is 22.7 Å². The van der Waals surface area contributed by atoms with Crippen molar-refractivity contribution < 1.29 is 14.7 Å². The maximum atomic E-state index is 12.1. The van der Waals surface area contributed by atoms with Crippen LogP contribution in [-0.4, -0.2) is 23.0 Å². The van der Waals surface area contributed by atoms with Crippen LogP contribution in [0.3, 0.4) is 0 Å². The van der Waals surface area contributed by atoms with Crippen LogP contribution in [0.5, 0.6) is 0 Å². The Bertz CT molecular complexity index is 506. The van der Waals surface area contributed by atoms with E-state index in [4.69, 9.17) is 0 Å². The number of hydrogen-bond acceptors (Lipinski definition) is 2. The van der Waals surface area contributed by atoms with Gasteiger partial charge < -0.3 is 10.4 Å². The SMILES string of the molecule is Cc1cc(C(=O)N[C@H](C(=O)O)C(C)(C)C)ccc1Br. The number of carboxylic acids is 1. The van der Waals surface area contributed by atoms with E-state index in [1.165, 1.54) is 0 Å². The summed E-state index contributed by atoms with van der Waals surface area (Å²) in [5.41, 5.74) is 0.831. The standard InChI is InChI=1S/C14H18BrNO3/c1-8-7-9(5-6-10(8)15)12(17)16-11(13(18)19)14(2,3)4/h5-7,11H,1-4H3,(H,16,17)(H,18,19)/t11-/m1/s1. The lowest BCUT2D eigenvalue weighted by atomic mass is 9.86. The van der Waals surface area contributed by atoms with Gasteiger partial charge in [0, 0.05) is 10.0 Å². The molecule has 1 rings (SSSR count). The second-order valence-corrected chi connectivity index (χ2v) is 6.43. The van der Waals surface area contributed by atoms with Crippen molar-refractivity contribution in [3.63, 3.8) is 0 Å². The highest BCUT2D eigenvalue weighted by molar-refractivity contribution is 9.10. The molecule has 0 heterocycles. The molecule has 2 N–H and O–H groups in total. The summed E-state index contributed by atoms with van der Waals surface area (Å²) in [5.74, 6) is -1.41. The Balaban J connectivity index is 2.94. The molecule has 104 valence electrons. The van der Waals surface area contributed by atoms with Crippen molar-refractivity contribution in [1.82, 2.24) is 5.32 Å². The predicted molar refractivity (Wildman–Crippen MR) is 77.2 cm³/mol. The van der Waals surface area contributed by atoms with Gasteiger partial charge in [-0.25, -0.2) is 4.79 Å². The van der Waals surface area contributed by atoms with Crippen molar-refractivity contribution in [3.8, 4) is 0 Å². The number of aryl methyl sites for hydroxylation is 1. The number of aliphatic carboxylic acids is 1. The molecule has 0 aliphatic heterocycles. The number of carbonyl (C=O) groups excluding carboxylic acids is 1. The summed E-state index contributed by atoms with van der Waals surface area (Å²) in [7, 11) is 0. The van der Waals surface area contributed by atoms with Crippen LogP contribution in [0.1, 0.15) is 36.7 Å². The van der Waals surface area contributed by atoms with Crippen molar-refractivity contribution in [2.45, 2.75) is 33.7 Å². The first-order valence-electron chi connectivity index (χ1n) is 5.92. The molecule has 0 aliphatic carbocycles. The molecule has 1 atom stereocenters. The van der Waals surface area contributed by atoms with Gasteiger partial charge in [-0.2, -0.15) is 0 Å². The first-order valence-corrected chi connectivity index (χ1v) is 6.72. The quantitative estimate of drug-likeness (QED) is 0.896. The van der Waals surface area contributed by atoms with Crippen molar-refractivity contribution in [1.29, 1.82) is 0 Å². The number of carboxylic acid groups (broad SMARTS) is 1. The Labute approximate surface area is 121 Å². The van der Waals surface area contributed by atoms with Crippen LogP contribution in [0.25, 0.3) is 0 Å². The van der Waals surface area contributed by atoms with E-state index < -0.39 is 17.4 Å². The number of nitrogens with one attached hydrogen (secondary N) is 1. The molecule has 0 aliphatic rings. The molecule has 5 heteroatoms. The molecular formula is C14H18BrNO3. The summed E-state index contributed by atoms with van der Waals surface area (Å²) in [5, 5.41) is 11.7. The van der Waals surface area contributed by atoms with Gasteiger partial charge in [-0.3, -0.25) is 4.79 Å². The zero-order valence-electron chi connectivity index (χ0n) is 11.5.